The van der Waals surface area contributed by atoms with Crippen LogP contribution in [0.5, 0.6) is 0 Å². The maximum Gasteiger partial charge on any atom is 0.147 e. The van der Waals surface area contributed by atoms with Crippen LogP contribution in [0.25, 0.3) is 50.4 Å². The van der Waals surface area contributed by atoms with Gasteiger partial charge >= 0.3 is 0 Å². The average molecular weight is 464 g/mol. The van der Waals surface area contributed by atoms with Crippen molar-refractivity contribution < 1.29 is 0 Å². The molecule has 0 aliphatic carbocycles. The molecule has 0 saturated heterocycles. The molecule has 0 N–H and O–H groups in total. The second kappa shape index (κ2) is 7.76. The van der Waals surface area contributed by atoms with E-state index in [1.54, 1.807) is 6.20 Å². The van der Waals surface area contributed by atoms with E-state index < -0.39 is 0 Å². The Balaban J connectivity index is 1.45. The molecule has 1 aliphatic heterocycles. The van der Waals surface area contributed by atoms with Gasteiger partial charge in [-0.3, -0.25) is 9.55 Å². The lowest BCUT2D eigenvalue weighted by Crippen LogP contribution is -2.26. The van der Waals surface area contributed by atoms with Crippen LogP contribution >= 0.6 is 0 Å². The number of imidazole rings is 1. The first-order valence-corrected chi connectivity index (χ1v) is 12.3. The van der Waals surface area contributed by atoms with Crippen LogP contribution in [0, 0.1) is 0 Å². The van der Waals surface area contributed by atoms with Crippen LogP contribution in [0.15, 0.2) is 116 Å². The Morgan fingerprint density at radius 3 is 2.14 bits per heavy atom. The Labute approximate surface area is 210 Å². The van der Waals surface area contributed by atoms with Crippen molar-refractivity contribution in [2.45, 2.75) is 19.3 Å². The molecule has 0 unspecified atom stereocenters. The predicted octanol–water partition coefficient (Wildman–Crippen LogP) is 8.06. The van der Waals surface area contributed by atoms with Crippen molar-refractivity contribution >= 4 is 11.0 Å². The van der Waals surface area contributed by atoms with Crippen LogP contribution in [-0.2, 0) is 5.41 Å². The fourth-order valence-corrected chi connectivity index (χ4v) is 5.62. The van der Waals surface area contributed by atoms with Crippen LogP contribution < -0.4 is 0 Å². The summed E-state index contributed by atoms with van der Waals surface area (Å²) in [7, 11) is 0. The molecule has 0 radical (unpaired) electrons. The van der Waals surface area contributed by atoms with E-state index in [0.717, 1.165) is 16.9 Å². The lowest BCUT2D eigenvalue weighted by Gasteiger charge is -2.35. The molecule has 36 heavy (non-hydrogen) atoms. The number of hydrogen-bond donors (Lipinski definition) is 0. The molecule has 0 saturated carbocycles. The van der Waals surface area contributed by atoms with Crippen molar-refractivity contribution in [1.29, 1.82) is 0 Å². The number of fused-ring (bicyclic) bond motifs is 2. The molecular formula is C33H25N3. The van der Waals surface area contributed by atoms with Crippen LogP contribution in [0.3, 0.4) is 0 Å². The summed E-state index contributed by atoms with van der Waals surface area (Å²) in [6.07, 6.45) is 3.70. The van der Waals surface area contributed by atoms with Crippen molar-refractivity contribution in [3.63, 3.8) is 0 Å². The molecule has 2 aromatic heterocycles. The molecule has 0 atom stereocenters. The number of aromatic nitrogens is 3. The Hall–Kier alpha value is -4.50. The van der Waals surface area contributed by atoms with Crippen molar-refractivity contribution in [2.24, 2.45) is 0 Å². The van der Waals surface area contributed by atoms with Gasteiger partial charge in [-0.05, 0) is 69.8 Å². The summed E-state index contributed by atoms with van der Waals surface area (Å²) in [6, 6.07) is 36.8. The fourth-order valence-electron chi connectivity index (χ4n) is 5.62. The number of hydrogen-bond acceptors (Lipinski definition) is 2. The molecule has 4 aromatic carbocycles. The summed E-state index contributed by atoms with van der Waals surface area (Å²) in [5, 5.41) is 0. The highest BCUT2D eigenvalue weighted by Crippen LogP contribution is 2.47. The largest absolute Gasteiger partial charge is 0.292 e. The van der Waals surface area contributed by atoms with Gasteiger partial charge in [-0.2, -0.15) is 0 Å². The van der Waals surface area contributed by atoms with E-state index in [1.807, 2.05) is 12.3 Å². The summed E-state index contributed by atoms with van der Waals surface area (Å²) in [5.41, 5.74) is 11.7. The minimum absolute atomic E-state index is 0.163. The highest BCUT2D eigenvalue weighted by Gasteiger charge is 2.35. The van der Waals surface area contributed by atoms with E-state index in [4.69, 9.17) is 4.98 Å². The Morgan fingerprint density at radius 1 is 0.611 bits per heavy atom. The summed E-state index contributed by atoms with van der Waals surface area (Å²) in [6.45, 7) is 4.65. The van der Waals surface area contributed by atoms with Gasteiger partial charge in [0.15, 0.2) is 0 Å². The first-order valence-electron chi connectivity index (χ1n) is 12.3. The van der Waals surface area contributed by atoms with Gasteiger partial charge in [-0.25, -0.2) is 4.98 Å². The SMILES string of the molecule is CC1(C)c2cc(-c3cccc(-c4ccccc4)c3)ccc2-n2c(-c3cccnc3)nc3cccc1c32. The highest BCUT2D eigenvalue weighted by atomic mass is 15.1. The van der Waals surface area contributed by atoms with E-state index in [9.17, 15) is 0 Å². The molecule has 0 fully saturated rings. The number of pyridine rings is 1. The van der Waals surface area contributed by atoms with Gasteiger partial charge in [0.25, 0.3) is 0 Å². The number of nitrogens with zero attached hydrogens (tertiary/aromatic N) is 3. The van der Waals surface area contributed by atoms with Crippen molar-refractivity contribution in [2.75, 3.05) is 0 Å². The number of para-hydroxylation sites is 1. The number of rotatable bonds is 3. The molecule has 0 spiro atoms. The van der Waals surface area contributed by atoms with Crippen LogP contribution in [0.2, 0.25) is 0 Å². The molecule has 3 heterocycles. The third-order valence-corrected chi connectivity index (χ3v) is 7.48. The van der Waals surface area contributed by atoms with Crippen LogP contribution in [0.4, 0.5) is 0 Å². The highest BCUT2D eigenvalue weighted by molar-refractivity contribution is 5.90. The van der Waals surface area contributed by atoms with E-state index >= 15 is 0 Å². The minimum atomic E-state index is -0.163. The Morgan fingerprint density at radius 2 is 1.33 bits per heavy atom. The second-order valence-corrected chi connectivity index (χ2v) is 9.99. The predicted molar refractivity (Wildman–Crippen MR) is 147 cm³/mol. The Bertz CT molecular complexity index is 1750. The van der Waals surface area contributed by atoms with Crippen molar-refractivity contribution in [1.82, 2.24) is 14.5 Å². The van der Waals surface area contributed by atoms with Crippen LogP contribution in [0.1, 0.15) is 25.0 Å². The first-order chi connectivity index (χ1) is 17.6. The maximum absolute atomic E-state index is 5.07. The lowest BCUT2D eigenvalue weighted by molar-refractivity contribution is 0.629. The normalized spacial score (nSPS) is 13.5. The third-order valence-electron chi connectivity index (χ3n) is 7.48. The molecular weight excluding hydrogens is 438 g/mol. The molecule has 172 valence electrons. The van der Waals surface area contributed by atoms with Gasteiger partial charge in [-0.1, -0.05) is 80.6 Å². The molecule has 6 aromatic rings. The smallest absolute Gasteiger partial charge is 0.147 e. The van der Waals surface area contributed by atoms with E-state index in [-0.39, 0.29) is 5.41 Å². The van der Waals surface area contributed by atoms with Crippen LogP contribution in [-0.4, -0.2) is 14.5 Å². The van der Waals surface area contributed by atoms with Gasteiger partial charge < -0.3 is 0 Å². The Kier molecular flexibility index (Phi) is 4.49. The summed E-state index contributed by atoms with van der Waals surface area (Å²) < 4.78 is 2.33. The molecule has 1 aliphatic rings. The van der Waals surface area contributed by atoms with E-state index in [0.29, 0.717) is 0 Å². The van der Waals surface area contributed by atoms with E-state index in [1.165, 1.54) is 44.6 Å². The van der Waals surface area contributed by atoms with Gasteiger partial charge in [0, 0.05) is 23.4 Å². The van der Waals surface area contributed by atoms with Gasteiger partial charge in [0.2, 0.25) is 0 Å². The molecule has 0 amide bonds. The minimum Gasteiger partial charge on any atom is -0.292 e. The lowest BCUT2D eigenvalue weighted by atomic mass is 9.74. The summed E-state index contributed by atoms with van der Waals surface area (Å²) in [4.78, 5) is 9.43. The first kappa shape index (κ1) is 20.8. The van der Waals surface area contributed by atoms with E-state index in [2.05, 4.69) is 120 Å². The zero-order valence-electron chi connectivity index (χ0n) is 20.3. The molecule has 3 nitrogen and oxygen atoms in total. The molecule has 0 bridgehead atoms. The number of benzene rings is 4. The topological polar surface area (TPSA) is 30.7 Å². The van der Waals surface area contributed by atoms with Gasteiger partial charge in [-0.15, -0.1) is 0 Å². The summed E-state index contributed by atoms with van der Waals surface area (Å²) >= 11 is 0. The zero-order chi connectivity index (χ0) is 24.3. The van der Waals surface area contributed by atoms with Gasteiger partial charge in [0.1, 0.15) is 5.82 Å². The molecule has 3 heteroatoms. The van der Waals surface area contributed by atoms with Crippen molar-refractivity contribution in [3.8, 4) is 39.3 Å². The maximum atomic E-state index is 5.07. The van der Waals surface area contributed by atoms with Gasteiger partial charge in [0.05, 0.1) is 16.7 Å². The standard InChI is InChI=1S/C33H25N3/c1-33(2)27-14-7-15-29-31(27)36(32(35-29)26-13-8-18-34-21-26)30-17-16-25(20-28(30)33)24-12-6-11-23(19-24)22-9-4-3-5-10-22/h3-21H,1-2H3. The molecule has 7 rings (SSSR count). The quantitative estimate of drug-likeness (QED) is 0.266. The average Bonchev–Trinajstić information content (AvgIpc) is 3.33. The monoisotopic (exact) mass is 463 g/mol. The second-order valence-electron chi connectivity index (χ2n) is 9.99. The third kappa shape index (κ3) is 3.06. The van der Waals surface area contributed by atoms with Crippen molar-refractivity contribution in [3.05, 3.63) is 127 Å². The zero-order valence-corrected chi connectivity index (χ0v) is 20.3. The summed E-state index contributed by atoms with van der Waals surface area (Å²) in [5.74, 6) is 0.932. The fraction of sp³-hybridized carbons (Fsp3) is 0.0909.